The van der Waals surface area contributed by atoms with Gasteiger partial charge in [-0.2, -0.15) is 0 Å². The van der Waals surface area contributed by atoms with Crippen LogP contribution in [0.25, 0.3) is 11.1 Å². The van der Waals surface area contributed by atoms with Gasteiger partial charge in [0.05, 0.1) is 7.11 Å². The fourth-order valence-electron chi connectivity index (χ4n) is 4.91. The van der Waals surface area contributed by atoms with Gasteiger partial charge in [-0.1, -0.05) is 37.3 Å². The third kappa shape index (κ3) is 4.79. The van der Waals surface area contributed by atoms with Crippen LogP contribution in [-0.2, 0) is 11.2 Å². The molecule has 4 rings (SSSR count). The van der Waals surface area contributed by atoms with E-state index >= 15 is 0 Å². The highest BCUT2D eigenvalue weighted by molar-refractivity contribution is 5.76. The van der Waals surface area contributed by atoms with E-state index in [9.17, 15) is 13.2 Å². The zero-order chi connectivity index (χ0) is 22.7. The first-order valence-corrected chi connectivity index (χ1v) is 11.1. The summed E-state index contributed by atoms with van der Waals surface area (Å²) in [7, 11) is 1.66. The number of alkyl halides is 3. The maximum atomic E-state index is 12.7. The van der Waals surface area contributed by atoms with E-state index < -0.39 is 6.36 Å². The number of hydrogen-bond acceptors (Lipinski definition) is 3. The maximum absolute atomic E-state index is 12.7. The molecule has 0 bridgehead atoms. The summed E-state index contributed by atoms with van der Waals surface area (Å²) in [5, 5.41) is 0. The number of nitrogens with zero attached hydrogens (tertiary/aromatic N) is 1. The lowest BCUT2D eigenvalue weighted by molar-refractivity contribution is -0.303. The van der Waals surface area contributed by atoms with Crippen molar-refractivity contribution in [2.75, 3.05) is 18.6 Å². The minimum Gasteiger partial charge on any atom is -0.497 e. The summed E-state index contributed by atoms with van der Waals surface area (Å²) < 4.78 is 47.9. The molecule has 0 saturated heterocycles. The van der Waals surface area contributed by atoms with Gasteiger partial charge in [0.25, 0.3) is 0 Å². The molecule has 2 aliphatic rings. The Morgan fingerprint density at radius 2 is 1.94 bits per heavy atom. The van der Waals surface area contributed by atoms with Gasteiger partial charge < -0.3 is 14.4 Å². The van der Waals surface area contributed by atoms with Crippen molar-refractivity contribution < 1.29 is 22.6 Å². The zero-order valence-corrected chi connectivity index (χ0v) is 18.4. The lowest BCUT2D eigenvalue weighted by Gasteiger charge is -2.43. The number of halogens is 3. The van der Waals surface area contributed by atoms with E-state index in [0.29, 0.717) is 6.42 Å². The van der Waals surface area contributed by atoms with Gasteiger partial charge in [-0.05, 0) is 72.7 Å². The molecular weight excluding hydrogens is 415 g/mol. The highest BCUT2D eigenvalue weighted by Crippen LogP contribution is 2.41. The average molecular weight is 444 g/mol. The topological polar surface area (TPSA) is 21.7 Å². The van der Waals surface area contributed by atoms with E-state index in [0.717, 1.165) is 37.1 Å². The molecule has 2 aromatic rings. The first kappa shape index (κ1) is 22.3. The third-order valence-corrected chi connectivity index (χ3v) is 6.19. The third-order valence-electron chi connectivity index (χ3n) is 6.19. The lowest BCUT2D eigenvalue weighted by Crippen LogP contribution is -2.44. The molecule has 1 aliphatic heterocycles. The fourth-order valence-corrected chi connectivity index (χ4v) is 4.91. The number of rotatable bonds is 6. The van der Waals surface area contributed by atoms with Gasteiger partial charge in [0, 0.05) is 24.2 Å². The Balaban J connectivity index is 1.67. The molecule has 0 amide bonds. The van der Waals surface area contributed by atoms with Gasteiger partial charge >= 0.3 is 6.36 Å². The highest BCUT2D eigenvalue weighted by atomic mass is 19.4. The fraction of sp³-hybridized carbons (Fsp3) is 0.385. The van der Waals surface area contributed by atoms with Crippen molar-refractivity contribution in [3.8, 4) is 16.9 Å². The van der Waals surface area contributed by atoms with Crippen molar-refractivity contribution >= 4 is 5.69 Å². The highest BCUT2D eigenvalue weighted by Gasteiger charge is 2.35. The monoisotopic (exact) mass is 443 g/mol. The molecule has 32 heavy (non-hydrogen) atoms. The average Bonchev–Trinajstić information content (AvgIpc) is 2.78. The molecule has 0 aromatic heterocycles. The Morgan fingerprint density at radius 3 is 2.69 bits per heavy atom. The van der Waals surface area contributed by atoms with E-state index in [4.69, 9.17) is 4.74 Å². The van der Waals surface area contributed by atoms with Crippen LogP contribution in [-0.4, -0.2) is 26.1 Å². The molecule has 2 atom stereocenters. The second-order valence-corrected chi connectivity index (χ2v) is 8.25. The molecule has 1 unspecified atom stereocenters. The molecule has 1 aliphatic carbocycles. The van der Waals surface area contributed by atoms with E-state index in [1.54, 1.807) is 19.3 Å². The molecule has 0 saturated carbocycles. The maximum Gasteiger partial charge on any atom is 0.573 e. The molecular formula is C26H28F3NO2. The van der Waals surface area contributed by atoms with Gasteiger partial charge in [-0.3, -0.25) is 0 Å². The quantitative estimate of drug-likeness (QED) is 0.485. The SMILES string of the molecule is CCCN1c2cccc(-c3cccc(OC)c3)c2CC[C@@H]1C1C=C(OC(F)(F)F)C=CC1. The minimum absolute atomic E-state index is 0.0301. The summed E-state index contributed by atoms with van der Waals surface area (Å²) in [6.07, 6.45) is 3.60. The van der Waals surface area contributed by atoms with Gasteiger partial charge in [0.1, 0.15) is 11.5 Å². The van der Waals surface area contributed by atoms with Gasteiger partial charge in [0.15, 0.2) is 0 Å². The molecule has 170 valence electrons. The first-order chi connectivity index (χ1) is 15.4. The molecule has 0 fully saturated rings. The van der Waals surface area contributed by atoms with Gasteiger partial charge in [-0.15, -0.1) is 13.2 Å². The molecule has 2 aromatic carbocycles. The second kappa shape index (κ2) is 9.31. The van der Waals surface area contributed by atoms with E-state index in [1.165, 1.54) is 22.9 Å². The van der Waals surface area contributed by atoms with Crippen LogP contribution in [0.3, 0.4) is 0 Å². The van der Waals surface area contributed by atoms with Crippen LogP contribution in [0.4, 0.5) is 18.9 Å². The summed E-state index contributed by atoms with van der Waals surface area (Å²) in [5.74, 6) is 0.675. The van der Waals surface area contributed by atoms with Crippen molar-refractivity contribution in [1.29, 1.82) is 0 Å². The van der Waals surface area contributed by atoms with Crippen molar-refractivity contribution in [3.63, 3.8) is 0 Å². The Morgan fingerprint density at radius 1 is 1.12 bits per heavy atom. The smallest absolute Gasteiger partial charge is 0.497 e. The number of ether oxygens (including phenoxy) is 2. The second-order valence-electron chi connectivity index (χ2n) is 8.25. The van der Waals surface area contributed by atoms with Crippen molar-refractivity contribution in [1.82, 2.24) is 0 Å². The number of fused-ring (bicyclic) bond motifs is 1. The Hall–Kier alpha value is -2.89. The summed E-state index contributed by atoms with van der Waals surface area (Å²) >= 11 is 0. The first-order valence-electron chi connectivity index (χ1n) is 11.1. The predicted octanol–water partition coefficient (Wildman–Crippen LogP) is 6.89. The molecule has 0 radical (unpaired) electrons. The van der Waals surface area contributed by atoms with E-state index in [1.807, 2.05) is 18.2 Å². The summed E-state index contributed by atoms with van der Waals surface area (Å²) in [4.78, 5) is 2.38. The minimum atomic E-state index is -4.67. The van der Waals surface area contributed by atoms with Crippen LogP contribution >= 0.6 is 0 Å². The Labute approximate surface area is 187 Å². The molecule has 0 spiro atoms. The normalized spacial score (nSPS) is 20.5. The number of anilines is 1. The Bertz CT molecular complexity index is 1010. The zero-order valence-electron chi connectivity index (χ0n) is 18.4. The molecule has 6 heteroatoms. The standard InChI is InChI=1S/C26H28F3NO2/c1-3-15-30-24(19-8-5-10-21(17-19)32-26(27,28)29)14-13-23-22(11-6-12-25(23)30)18-7-4-9-20(16-18)31-2/h4-7,9-12,16-17,19,24H,3,8,13-15H2,1-2H3/t19?,24-/m1/s1. The van der Waals surface area contributed by atoms with Crippen LogP contribution < -0.4 is 9.64 Å². The van der Waals surface area contributed by atoms with Gasteiger partial charge in [0.2, 0.25) is 0 Å². The Kier molecular flexibility index (Phi) is 6.49. The van der Waals surface area contributed by atoms with Crippen LogP contribution in [0.2, 0.25) is 0 Å². The predicted molar refractivity (Wildman–Crippen MR) is 121 cm³/mol. The van der Waals surface area contributed by atoms with Crippen LogP contribution in [0, 0.1) is 5.92 Å². The van der Waals surface area contributed by atoms with Crippen molar-refractivity contribution in [2.45, 2.75) is 45.0 Å². The molecule has 3 nitrogen and oxygen atoms in total. The number of methoxy groups -OCH3 is 1. The van der Waals surface area contributed by atoms with Gasteiger partial charge in [-0.25, -0.2) is 0 Å². The number of allylic oxidation sites excluding steroid dienone is 2. The van der Waals surface area contributed by atoms with Crippen LogP contribution in [0.15, 0.2) is 66.5 Å². The largest absolute Gasteiger partial charge is 0.573 e. The van der Waals surface area contributed by atoms with E-state index in [2.05, 4.69) is 40.8 Å². The summed E-state index contributed by atoms with van der Waals surface area (Å²) in [5.41, 5.74) is 4.75. The van der Waals surface area contributed by atoms with Crippen molar-refractivity contribution in [2.24, 2.45) is 5.92 Å². The van der Waals surface area contributed by atoms with Crippen LogP contribution in [0.1, 0.15) is 31.7 Å². The number of hydrogen-bond donors (Lipinski definition) is 0. The van der Waals surface area contributed by atoms with Crippen molar-refractivity contribution in [3.05, 3.63) is 72.0 Å². The summed E-state index contributed by atoms with van der Waals surface area (Å²) in [6.45, 7) is 2.98. The summed E-state index contributed by atoms with van der Waals surface area (Å²) in [6, 6.07) is 14.5. The lowest BCUT2D eigenvalue weighted by atomic mass is 9.82. The molecule has 1 heterocycles. The molecule has 0 N–H and O–H groups in total. The van der Waals surface area contributed by atoms with E-state index in [-0.39, 0.29) is 17.7 Å². The van der Waals surface area contributed by atoms with Crippen LogP contribution in [0.5, 0.6) is 5.75 Å². The number of benzene rings is 2.